The van der Waals surface area contributed by atoms with Gasteiger partial charge in [0.2, 0.25) is 16.8 Å². The molecule has 1 aliphatic carbocycles. The molecule has 0 fully saturated rings. The number of esters is 1. The lowest BCUT2D eigenvalue weighted by Crippen LogP contribution is -2.31. The Balaban J connectivity index is 1.23. The maximum Gasteiger partial charge on any atom is 0.339 e. The predicted octanol–water partition coefficient (Wildman–Crippen LogP) is 5.58. The lowest BCUT2D eigenvalue weighted by Gasteiger charge is -2.20. The van der Waals surface area contributed by atoms with E-state index in [2.05, 4.69) is 5.32 Å². The fraction of sp³-hybridized carbons (Fsp3) is 0.265. The third-order valence-corrected chi connectivity index (χ3v) is 10.2. The van der Waals surface area contributed by atoms with Gasteiger partial charge < -0.3 is 19.5 Å². The normalized spacial score (nSPS) is 14.6. The number of amides is 1. The van der Waals surface area contributed by atoms with Gasteiger partial charge >= 0.3 is 5.97 Å². The molecule has 1 aliphatic heterocycles. The van der Waals surface area contributed by atoms with Gasteiger partial charge in [-0.1, -0.05) is 44.2 Å². The van der Waals surface area contributed by atoms with Crippen molar-refractivity contribution in [2.75, 3.05) is 31.8 Å². The van der Waals surface area contributed by atoms with Crippen LogP contribution in [0, 0.1) is 6.92 Å². The maximum atomic E-state index is 13.6. The van der Waals surface area contributed by atoms with E-state index in [1.165, 1.54) is 10.4 Å². The summed E-state index contributed by atoms with van der Waals surface area (Å²) < 4.78 is 44.1. The summed E-state index contributed by atoms with van der Waals surface area (Å²) in [4.78, 5) is 31.5. The van der Waals surface area contributed by atoms with E-state index in [1.807, 2.05) is 48.5 Å². The highest BCUT2D eigenvalue weighted by atomic mass is 32.2. The predicted molar refractivity (Wildman–Crippen MR) is 171 cm³/mol. The summed E-state index contributed by atoms with van der Waals surface area (Å²) in [7, 11) is -3.73. The zero-order valence-electron chi connectivity index (χ0n) is 25.3. The highest BCUT2D eigenvalue weighted by Gasteiger charge is 2.29. The van der Waals surface area contributed by atoms with Crippen molar-refractivity contribution in [3.8, 4) is 11.5 Å². The largest absolute Gasteiger partial charge is 0.454 e. The summed E-state index contributed by atoms with van der Waals surface area (Å²) in [6.07, 6.45) is 3.31. The Hall–Kier alpha value is -4.74. The van der Waals surface area contributed by atoms with Crippen molar-refractivity contribution in [1.29, 1.82) is 0 Å². The van der Waals surface area contributed by atoms with Crippen molar-refractivity contribution in [1.82, 2.24) is 9.29 Å². The number of carbonyl (C=O) groups is 2. The number of nitrogens with zero attached hydrogens (tertiary/aromatic N) is 2. The summed E-state index contributed by atoms with van der Waals surface area (Å²) in [6, 6.07) is 17.8. The van der Waals surface area contributed by atoms with Gasteiger partial charge in [0, 0.05) is 24.2 Å². The smallest absolute Gasteiger partial charge is 0.339 e. The summed E-state index contributed by atoms with van der Waals surface area (Å²) in [5.74, 6) is 0.174. The van der Waals surface area contributed by atoms with E-state index in [-0.39, 0.29) is 11.7 Å². The fourth-order valence-electron chi connectivity index (χ4n) is 5.77. The molecule has 0 bridgehead atoms. The van der Waals surface area contributed by atoms with Crippen LogP contribution in [0.25, 0.3) is 22.6 Å². The molecule has 232 valence electrons. The number of carbonyl (C=O) groups excluding carboxylic acids is 2. The summed E-state index contributed by atoms with van der Waals surface area (Å²) in [5.41, 5.74) is 5.31. The molecule has 1 amide bonds. The molecule has 0 saturated heterocycles. The first-order valence-electron chi connectivity index (χ1n) is 14.8. The van der Waals surface area contributed by atoms with Crippen LogP contribution in [0.15, 0.2) is 65.6 Å². The molecule has 3 aromatic carbocycles. The van der Waals surface area contributed by atoms with Crippen LogP contribution in [0.3, 0.4) is 0 Å². The molecule has 0 radical (unpaired) electrons. The van der Waals surface area contributed by atoms with Gasteiger partial charge in [-0.2, -0.15) is 4.31 Å². The molecule has 0 saturated carbocycles. The lowest BCUT2D eigenvalue weighted by atomic mass is 10.0. The first kappa shape index (κ1) is 30.3. The van der Waals surface area contributed by atoms with Gasteiger partial charge in [0.05, 0.1) is 21.7 Å². The number of nitrogens with one attached hydrogen (secondary N) is 1. The van der Waals surface area contributed by atoms with Crippen molar-refractivity contribution in [3.05, 3.63) is 88.6 Å². The summed E-state index contributed by atoms with van der Waals surface area (Å²) >= 11 is 0. The molecular weight excluding hydrogens is 594 g/mol. The van der Waals surface area contributed by atoms with Gasteiger partial charge in [-0.15, -0.1) is 0 Å². The number of pyridine rings is 1. The van der Waals surface area contributed by atoms with Crippen molar-refractivity contribution in [3.63, 3.8) is 0 Å². The number of allylic oxidation sites excluding steroid dienone is 1. The van der Waals surface area contributed by atoms with Gasteiger partial charge in [-0.25, -0.2) is 18.2 Å². The second-order valence-corrected chi connectivity index (χ2v) is 12.7. The Morgan fingerprint density at radius 3 is 2.58 bits per heavy atom. The molecule has 45 heavy (non-hydrogen) atoms. The Kier molecular flexibility index (Phi) is 8.30. The number of para-hydroxylation sites is 1. The topological polar surface area (TPSA) is 124 Å². The molecule has 11 heteroatoms. The fourth-order valence-corrected chi connectivity index (χ4v) is 7.48. The highest BCUT2D eigenvalue weighted by Crippen LogP contribution is 2.39. The zero-order chi connectivity index (χ0) is 31.7. The average Bonchev–Trinajstić information content (AvgIpc) is 3.66. The number of aryl methyl sites for hydroxylation is 1. The third-order valence-electron chi connectivity index (χ3n) is 8.01. The molecule has 0 atom stereocenters. The van der Waals surface area contributed by atoms with Crippen LogP contribution >= 0.6 is 0 Å². The molecule has 10 nitrogen and oxygen atoms in total. The summed E-state index contributed by atoms with van der Waals surface area (Å²) in [6.45, 7) is 5.55. The van der Waals surface area contributed by atoms with E-state index in [9.17, 15) is 18.0 Å². The van der Waals surface area contributed by atoms with Crippen LogP contribution in [0.1, 0.15) is 53.0 Å². The third kappa shape index (κ3) is 5.88. The molecule has 2 aliphatic rings. The number of anilines is 1. The van der Waals surface area contributed by atoms with Crippen molar-refractivity contribution < 1.29 is 32.2 Å². The van der Waals surface area contributed by atoms with Gasteiger partial charge in [-0.3, -0.25) is 4.79 Å². The van der Waals surface area contributed by atoms with E-state index < -0.39 is 28.5 Å². The molecule has 1 aromatic heterocycles. The second-order valence-electron chi connectivity index (χ2n) is 10.8. The number of fused-ring (bicyclic) bond motifs is 3. The van der Waals surface area contributed by atoms with Gasteiger partial charge in [-0.05, 0) is 78.4 Å². The molecule has 2 heterocycles. The minimum absolute atomic E-state index is 0.115. The number of hydrogen-bond donors (Lipinski definition) is 1. The molecule has 0 unspecified atom stereocenters. The van der Waals surface area contributed by atoms with Crippen LogP contribution in [-0.4, -0.2) is 56.1 Å². The van der Waals surface area contributed by atoms with Crippen LogP contribution in [0.5, 0.6) is 11.5 Å². The Bertz CT molecular complexity index is 1970. The first-order chi connectivity index (χ1) is 21.7. The lowest BCUT2D eigenvalue weighted by molar-refractivity contribution is -0.119. The number of rotatable bonds is 9. The molecule has 0 spiro atoms. The Labute approximate surface area is 261 Å². The minimum atomic E-state index is -3.73. The van der Waals surface area contributed by atoms with E-state index in [0.29, 0.717) is 65.1 Å². The van der Waals surface area contributed by atoms with Crippen LogP contribution < -0.4 is 14.8 Å². The number of ether oxygens (including phenoxy) is 3. The SMILES string of the molecule is CCN(CC)S(=O)(=O)c1cc(NC(=O)COC(=O)c2c3c(nc4ccccc24)C(=Cc2ccc4c(c2)OCO4)CC3)ccc1C. The molecule has 6 rings (SSSR count). The maximum absolute atomic E-state index is 13.6. The zero-order valence-corrected chi connectivity index (χ0v) is 26.1. The van der Waals surface area contributed by atoms with E-state index in [1.54, 1.807) is 32.9 Å². The number of aromatic nitrogens is 1. The standard InChI is InChI=1S/C34H33N3O7S/c1-4-37(5-2)45(40,41)30-18-24(13-10-21(30)3)35-31(38)19-42-34(39)32-25-8-6-7-9-27(25)36-33-23(12-14-26(32)33)16-22-11-15-28-29(17-22)44-20-43-28/h6-11,13,15-18H,4-5,12,14,19-20H2,1-3H3,(H,35,38). The number of hydrogen-bond acceptors (Lipinski definition) is 8. The van der Waals surface area contributed by atoms with Crippen LogP contribution in [0.2, 0.25) is 0 Å². The number of sulfonamides is 1. The van der Waals surface area contributed by atoms with Crippen LogP contribution in [0.4, 0.5) is 5.69 Å². The quantitative estimate of drug-likeness (QED) is 0.239. The van der Waals surface area contributed by atoms with Gasteiger partial charge in [0.1, 0.15) is 0 Å². The van der Waals surface area contributed by atoms with E-state index >= 15 is 0 Å². The van der Waals surface area contributed by atoms with Crippen molar-refractivity contribution >= 4 is 50.1 Å². The summed E-state index contributed by atoms with van der Waals surface area (Å²) in [5, 5.41) is 3.31. The molecule has 4 aromatic rings. The van der Waals surface area contributed by atoms with E-state index in [0.717, 1.165) is 22.4 Å². The van der Waals surface area contributed by atoms with Crippen molar-refractivity contribution in [2.45, 2.75) is 38.5 Å². The Morgan fingerprint density at radius 1 is 1.00 bits per heavy atom. The monoisotopic (exact) mass is 627 g/mol. The highest BCUT2D eigenvalue weighted by molar-refractivity contribution is 7.89. The van der Waals surface area contributed by atoms with Gasteiger partial charge in [0.15, 0.2) is 18.1 Å². The Morgan fingerprint density at radius 2 is 1.78 bits per heavy atom. The van der Waals surface area contributed by atoms with Crippen LogP contribution in [-0.2, 0) is 26.0 Å². The van der Waals surface area contributed by atoms with Gasteiger partial charge in [0.25, 0.3) is 5.91 Å². The van der Waals surface area contributed by atoms with E-state index in [4.69, 9.17) is 19.2 Å². The molecule has 1 N–H and O–H groups in total. The van der Waals surface area contributed by atoms with Crippen molar-refractivity contribution in [2.24, 2.45) is 0 Å². The number of benzene rings is 3. The minimum Gasteiger partial charge on any atom is -0.454 e. The second kappa shape index (κ2) is 12.3. The first-order valence-corrected chi connectivity index (χ1v) is 16.2. The molecular formula is C34H33N3O7S. The average molecular weight is 628 g/mol.